The third-order valence-electron chi connectivity index (χ3n) is 2.21. The maximum Gasteiger partial charge on any atom is 0.203 e. The zero-order valence-electron chi connectivity index (χ0n) is 9.66. The van der Waals surface area contributed by atoms with Crippen molar-refractivity contribution in [2.24, 2.45) is 0 Å². The molecule has 1 rings (SSSR count). The van der Waals surface area contributed by atoms with Crippen LogP contribution >= 0.6 is 0 Å². The molecule has 0 atom stereocenters. The van der Waals surface area contributed by atoms with Gasteiger partial charge in [0.25, 0.3) is 0 Å². The van der Waals surface area contributed by atoms with Crippen molar-refractivity contribution in [3.63, 3.8) is 0 Å². The van der Waals surface area contributed by atoms with Gasteiger partial charge < -0.3 is 19.5 Å². The van der Waals surface area contributed by atoms with Gasteiger partial charge >= 0.3 is 0 Å². The van der Waals surface area contributed by atoms with E-state index in [-0.39, 0.29) is 0 Å². The summed E-state index contributed by atoms with van der Waals surface area (Å²) in [7, 11) is 6.87. The highest BCUT2D eigenvalue weighted by Crippen LogP contribution is 2.39. The van der Waals surface area contributed by atoms with E-state index in [1.165, 1.54) is 0 Å². The molecule has 0 bridgehead atoms. The fraction of sp³-hybridized carbons (Fsp3) is 0.455. The predicted molar refractivity (Wildman–Crippen MR) is 57.7 cm³/mol. The number of quaternary nitrogens is 1. The number of hydrogen-bond acceptors (Lipinski definition) is 3. The number of methoxy groups -OCH3 is 3. The fourth-order valence-electron chi connectivity index (χ4n) is 1.54. The van der Waals surface area contributed by atoms with Gasteiger partial charge in [0.1, 0.15) is 6.54 Å². The molecule has 0 saturated heterocycles. The monoisotopic (exact) mass is 212 g/mol. The summed E-state index contributed by atoms with van der Waals surface area (Å²) in [5.41, 5.74) is 1.10. The van der Waals surface area contributed by atoms with E-state index in [9.17, 15) is 0 Å². The van der Waals surface area contributed by atoms with Crippen LogP contribution in [0.3, 0.4) is 0 Å². The van der Waals surface area contributed by atoms with Crippen molar-refractivity contribution in [2.45, 2.75) is 6.54 Å². The van der Waals surface area contributed by atoms with Crippen LogP contribution in [-0.4, -0.2) is 28.4 Å². The lowest BCUT2D eigenvalue weighted by atomic mass is 10.1. The molecule has 84 valence electrons. The summed E-state index contributed by atoms with van der Waals surface area (Å²) in [6, 6.07) is 3.88. The standard InChI is InChI=1S/C11H17NO3/c1-12-7-8-5-6-9(13-2)11(15-4)10(8)14-3/h5-6,12H,7H2,1-4H3/p+1. The van der Waals surface area contributed by atoms with Crippen LogP contribution in [0.15, 0.2) is 12.1 Å². The highest BCUT2D eigenvalue weighted by molar-refractivity contribution is 5.55. The van der Waals surface area contributed by atoms with Crippen LogP contribution in [0, 0.1) is 0 Å². The molecule has 1 aromatic carbocycles. The maximum atomic E-state index is 5.34. The molecule has 0 fully saturated rings. The number of hydrogen-bond donors (Lipinski definition) is 1. The summed E-state index contributed by atoms with van der Waals surface area (Å²) in [5, 5.41) is 2.07. The van der Waals surface area contributed by atoms with Crippen LogP contribution in [0.25, 0.3) is 0 Å². The molecular weight excluding hydrogens is 194 g/mol. The lowest BCUT2D eigenvalue weighted by Gasteiger charge is -2.14. The molecule has 0 aliphatic heterocycles. The van der Waals surface area contributed by atoms with Crippen LogP contribution in [0.4, 0.5) is 0 Å². The molecule has 0 spiro atoms. The Morgan fingerprint density at radius 3 is 2.13 bits per heavy atom. The van der Waals surface area contributed by atoms with Crippen molar-refractivity contribution in [2.75, 3.05) is 28.4 Å². The predicted octanol–water partition coefficient (Wildman–Crippen LogP) is 0.406. The second kappa shape index (κ2) is 5.46. The van der Waals surface area contributed by atoms with Crippen LogP contribution < -0.4 is 19.5 Å². The molecule has 0 saturated carbocycles. The number of benzene rings is 1. The average Bonchev–Trinajstić information content (AvgIpc) is 2.28. The van der Waals surface area contributed by atoms with Crippen molar-refractivity contribution in [3.8, 4) is 17.2 Å². The first-order valence-electron chi connectivity index (χ1n) is 4.84. The SMILES string of the molecule is C[NH2+]Cc1ccc(OC)c(OC)c1OC. The van der Waals surface area contributed by atoms with Gasteiger partial charge in [0.05, 0.1) is 33.9 Å². The van der Waals surface area contributed by atoms with Crippen molar-refractivity contribution in [3.05, 3.63) is 17.7 Å². The van der Waals surface area contributed by atoms with E-state index < -0.39 is 0 Å². The molecule has 2 N–H and O–H groups in total. The van der Waals surface area contributed by atoms with E-state index in [0.717, 1.165) is 17.9 Å². The first-order valence-corrected chi connectivity index (χ1v) is 4.84. The Hall–Kier alpha value is -1.42. The second-order valence-electron chi connectivity index (χ2n) is 3.11. The van der Waals surface area contributed by atoms with Gasteiger partial charge in [-0.3, -0.25) is 0 Å². The maximum absolute atomic E-state index is 5.34. The summed E-state index contributed by atoms with van der Waals surface area (Å²) in [5.74, 6) is 2.09. The molecule has 1 aromatic rings. The van der Waals surface area contributed by atoms with E-state index >= 15 is 0 Å². The van der Waals surface area contributed by atoms with Crippen molar-refractivity contribution in [1.82, 2.24) is 0 Å². The first-order chi connectivity index (χ1) is 7.28. The molecule has 0 unspecified atom stereocenters. The summed E-state index contributed by atoms with van der Waals surface area (Å²) >= 11 is 0. The van der Waals surface area contributed by atoms with Gasteiger partial charge in [-0.15, -0.1) is 0 Å². The molecule has 4 heteroatoms. The summed E-state index contributed by atoms with van der Waals surface area (Å²) < 4.78 is 15.8. The van der Waals surface area contributed by atoms with Gasteiger partial charge in [-0.2, -0.15) is 0 Å². The molecule has 0 heterocycles. The number of ether oxygens (including phenoxy) is 3. The van der Waals surface area contributed by atoms with E-state index in [1.807, 2.05) is 19.2 Å². The minimum atomic E-state index is 0.652. The molecule has 0 amide bonds. The van der Waals surface area contributed by atoms with Gasteiger partial charge in [0.15, 0.2) is 11.5 Å². The lowest BCUT2D eigenvalue weighted by molar-refractivity contribution is -0.643. The van der Waals surface area contributed by atoms with E-state index in [4.69, 9.17) is 14.2 Å². The van der Waals surface area contributed by atoms with Crippen LogP contribution in [0.2, 0.25) is 0 Å². The topological polar surface area (TPSA) is 44.3 Å². The molecular formula is C11H18NO3+. The smallest absolute Gasteiger partial charge is 0.203 e. The largest absolute Gasteiger partial charge is 0.493 e. The quantitative estimate of drug-likeness (QED) is 0.768. The molecule has 15 heavy (non-hydrogen) atoms. The number of nitrogens with two attached hydrogens (primary N) is 1. The Morgan fingerprint density at radius 1 is 1.00 bits per heavy atom. The zero-order chi connectivity index (χ0) is 11.3. The first kappa shape index (κ1) is 11.7. The Kier molecular flexibility index (Phi) is 4.24. The normalized spacial score (nSPS) is 9.87. The lowest BCUT2D eigenvalue weighted by Crippen LogP contribution is -2.77. The average molecular weight is 212 g/mol. The minimum absolute atomic E-state index is 0.652. The number of rotatable bonds is 5. The molecule has 4 nitrogen and oxygen atoms in total. The highest BCUT2D eigenvalue weighted by atomic mass is 16.5. The van der Waals surface area contributed by atoms with Crippen molar-refractivity contribution < 1.29 is 19.5 Å². The van der Waals surface area contributed by atoms with Crippen LogP contribution in [0.5, 0.6) is 17.2 Å². The van der Waals surface area contributed by atoms with Gasteiger partial charge in [0, 0.05) is 0 Å². The van der Waals surface area contributed by atoms with Crippen LogP contribution in [-0.2, 0) is 6.54 Å². The highest BCUT2D eigenvalue weighted by Gasteiger charge is 2.15. The van der Waals surface area contributed by atoms with Gasteiger partial charge in [-0.1, -0.05) is 0 Å². The van der Waals surface area contributed by atoms with Gasteiger partial charge in [0.2, 0.25) is 5.75 Å². The molecule has 0 radical (unpaired) electrons. The molecule has 0 aliphatic rings. The zero-order valence-corrected chi connectivity index (χ0v) is 9.66. The van der Waals surface area contributed by atoms with E-state index in [1.54, 1.807) is 21.3 Å². The Balaban J connectivity index is 3.21. The Morgan fingerprint density at radius 2 is 1.67 bits per heavy atom. The summed E-state index contributed by atoms with van der Waals surface area (Å²) in [6.45, 7) is 0.851. The third kappa shape index (κ3) is 2.33. The Labute approximate surface area is 90.1 Å². The second-order valence-corrected chi connectivity index (χ2v) is 3.11. The van der Waals surface area contributed by atoms with Gasteiger partial charge in [-0.25, -0.2) is 0 Å². The van der Waals surface area contributed by atoms with Crippen molar-refractivity contribution in [1.29, 1.82) is 0 Å². The van der Waals surface area contributed by atoms with Crippen LogP contribution in [0.1, 0.15) is 5.56 Å². The molecule has 0 aliphatic carbocycles. The Bertz CT molecular complexity index is 326. The summed E-state index contributed by atoms with van der Waals surface area (Å²) in [6.07, 6.45) is 0. The van der Waals surface area contributed by atoms with E-state index in [0.29, 0.717) is 11.5 Å². The third-order valence-corrected chi connectivity index (χ3v) is 2.21. The minimum Gasteiger partial charge on any atom is -0.493 e. The van der Waals surface area contributed by atoms with Gasteiger partial charge in [-0.05, 0) is 12.1 Å². The van der Waals surface area contributed by atoms with Crippen molar-refractivity contribution >= 4 is 0 Å². The summed E-state index contributed by atoms with van der Waals surface area (Å²) in [4.78, 5) is 0. The fourth-order valence-corrected chi connectivity index (χ4v) is 1.54. The molecule has 0 aromatic heterocycles. The van der Waals surface area contributed by atoms with E-state index in [2.05, 4.69) is 5.32 Å².